The van der Waals surface area contributed by atoms with Crippen LogP contribution in [0.2, 0.25) is 0 Å². The van der Waals surface area contributed by atoms with Crippen LogP contribution in [0.5, 0.6) is 0 Å². The van der Waals surface area contributed by atoms with Gasteiger partial charge in [-0.3, -0.25) is 14.5 Å². The average molecular weight is 298 g/mol. The lowest BCUT2D eigenvalue weighted by molar-refractivity contribution is -0.141. The van der Waals surface area contributed by atoms with Crippen LogP contribution in [0.1, 0.15) is 34.7 Å². The number of nitrogens with one attached hydrogen (secondary N) is 1. The van der Waals surface area contributed by atoms with E-state index in [1.54, 1.807) is 26.2 Å². The average Bonchev–Trinajstić information content (AvgIpc) is 2.84. The molecule has 0 spiro atoms. The fourth-order valence-electron chi connectivity index (χ4n) is 1.72. The smallest absolute Gasteiger partial charge is 0.344 e. The van der Waals surface area contributed by atoms with E-state index in [1.165, 1.54) is 10.7 Å². The molecule has 112 valence electrons. The van der Waals surface area contributed by atoms with Gasteiger partial charge in [-0.2, -0.15) is 18.3 Å². The molecule has 2 rings (SSSR count). The van der Waals surface area contributed by atoms with Gasteiger partial charge in [-0.15, -0.1) is 0 Å². The minimum absolute atomic E-state index is 0.240. The van der Waals surface area contributed by atoms with Crippen LogP contribution in [-0.4, -0.2) is 20.7 Å². The molecule has 8 heteroatoms. The third-order valence-corrected chi connectivity index (χ3v) is 2.87. The summed E-state index contributed by atoms with van der Waals surface area (Å²) in [7, 11) is 1.68. The van der Waals surface area contributed by atoms with Gasteiger partial charge in [-0.25, -0.2) is 0 Å². The molecule has 1 atom stereocenters. The minimum atomic E-state index is -4.47. The van der Waals surface area contributed by atoms with Crippen molar-refractivity contribution in [1.29, 1.82) is 0 Å². The second-order valence-electron chi connectivity index (χ2n) is 4.54. The number of hydrogen-bond donors (Lipinski definition) is 1. The second kappa shape index (κ2) is 5.55. The standard InChI is InChI=1S/C13H13F3N4O/c1-8(18-12(21)10-5-6-20(2)19-10)9-3-4-11(17-7-9)13(14,15)16/h3-8H,1-2H3,(H,18,21)/t8-/m1/s1. The molecule has 0 aliphatic carbocycles. The molecule has 2 heterocycles. The zero-order chi connectivity index (χ0) is 15.6. The number of aromatic nitrogens is 3. The number of carbonyl (C=O) groups is 1. The van der Waals surface area contributed by atoms with Crippen molar-refractivity contribution in [1.82, 2.24) is 20.1 Å². The molecule has 0 aromatic carbocycles. The van der Waals surface area contributed by atoms with Gasteiger partial charge in [0.2, 0.25) is 0 Å². The summed E-state index contributed by atoms with van der Waals surface area (Å²) in [6.07, 6.45) is -1.75. The van der Waals surface area contributed by atoms with E-state index in [-0.39, 0.29) is 5.69 Å². The Morgan fingerprint density at radius 2 is 2.05 bits per heavy atom. The first-order chi connectivity index (χ1) is 9.77. The molecule has 0 bridgehead atoms. The van der Waals surface area contributed by atoms with E-state index in [0.717, 1.165) is 12.3 Å². The lowest BCUT2D eigenvalue weighted by Gasteiger charge is -2.14. The molecule has 0 saturated carbocycles. The van der Waals surface area contributed by atoms with Gasteiger partial charge in [0.1, 0.15) is 11.4 Å². The predicted molar refractivity (Wildman–Crippen MR) is 68.3 cm³/mol. The van der Waals surface area contributed by atoms with Crippen LogP contribution in [0.25, 0.3) is 0 Å². The number of amides is 1. The van der Waals surface area contributed by atoms with Gasteiger partial charge in [0, 0.05) is 19.4 Å². The summed E-state index contributed by atoms with van der Waals surface area (Å²) in [5.41, 5.74) is -0.244. The van der Waals surface area contributed by atoms with Crippen molar-refractivity contribution in [2.24, 2.45) is 7.05 Å². The number of rotatable bonds is 3. The zero-order valence-electron chi connectivity index (χ0n) is 11.3. The van der Waals surface area contributed by atoms with E-state index < -0.39 is 23.8 Å². The van der Waals surface area contributed by atoms with Crippen LogP contribution in [-0.2, 0) is 13.2 Å². The molecule has 0 saturated heterocycles. The number of pyridine rings is 1. The fraction of sp³-hybridized carbons (Fsp3) is 0.308. The predicted octanol–water partition coefficient (Wildman–Crippen LogP) is 2.32. The molecule has 0 aliphatic heterocycles. The van der Waals surface area contributed by atoms with Gasteiger partial charge in [-0.05, 0) is 24.6 Å². The summed E-state index contributed by atoms with van der Waals surface area (Å²) in [5.74, 6) is -0.400. The van der Waals surface area contributed by atoms with Gasteiger partial charge in [0.15, 0.2) is 0 Å². The summed E-state index contributed by atoms with van der Waals surface area (Å²) >= 11 is 0. The molecular weight excluding hydrogens is 285 g/mol. The van der Waals surface area contributed by atoms with Crippen molar-refractivity contribution in [3.05, 3.63) is 47.5 Å². The topological polar surface area (TPSA) is 59.8 Å². The Morgan fingerprint density at radius 3 is 2.52 bits per heavy atom. The van der Waals surface area contributed by atoms with Crippen molar-refractivity contribution in [2.45, 2.75) is 19.1 Å². The van der Waals surface area contributed by atoms with E-state index in [1.807, 2.05) is 0 Å². The van der Waals surface area contributed by atoms with E-state index in [9.17, 15) is 18.0 Å². The maximum absolute atomic E-state index is 12.4. The van der Waals surface area contributed by atoms with Gasteiger partial charge in [0.05, 0.1) is 6.04 Å². The maximum Gasteiger partial charge on any atom is 0.433 e. The highest BCUT2D eigenvalue weighted by Crippen LogP contribution is 2.27. The molecule has 2 aromatic heterocycles. The molecule has 1 N–H and O–H groups in total. The molecule has 0 fully saturated rings. The lowest BCUT2D eigenvalue weighted by Crippen LogP contribution is -2.27. The largest absolute Gasteiger partial charge is 0.433 e. The Morgan fingerprint density at radius 1 is 1.33 bits per heavy atom. The first-order valence-corrected chi connectivity index (χ1v) is 6.11. The summed E-state index contributed by atoms with van der Waals surface area (Å²) < 4.78 is 38.7. The summed E-state index contributed by atoms with van der Waals surface area (Å²) in [6, 6.07) is 3.25. The van der Waals surface area contributed by atoms with Gasteiger partial charge in [-0.1, -0.05) is 6.07 Å². The molecule has 1 amide bonds. The second-order valence-corrected chi connectivity index (χ2v) is 4.54. The first kappa shape index (κ1) is 15.0. The van der Waals surface area contributed by atoms with Crippen LogP contribution in [0.15, 0.2) is 30.6 Å². The zero-order valence-corrected chi connectivity index (χ0v) is 11.3. The quantitative estimate of drug-likeness (QED) is 0.946. The molecule has 5 nitrogen and oxygen atoms in total. The Labute approximate surface area is 118 Å². The summed E-state index contributed by atoms with van der Waals surface area (Å²) in [5, 5.41) is 6.59. The number of alkyl halides is 3. The normalized spacial score (nSPS) is 13.0. The Kier molecular flexibility index (Phi) is 3.97. The van der Waals surface area contributed by atoms with Crippen LogP contribution >= 0.6 is 0 Å². The van der Waals surface area contributed by atoms with E-state index in [0.29, 0.717) is 5.56 Å². The number of halogens is 3. The SMILES string of the molecule is C[C@@H](NC(=O)c1ccn(C)n1)c1ccc(C(F)(F)F)nc1. The van der Waals surface area contributed by atoms with E-state index in [4.69, 9.17) is 0 Å². The van der Waals surface area contributed by atoms with E-state index >= 15 is 0 Å². The number of aryl methyl sites for hydroxylation is 1. The summed E-state index contributed by atoms with van der Waals surface area (Å²) in [6.45, 7) is 1.66. The Hall–Kier alpha value is -2.38. The van der Waals surface area contributed by atoms with Crippen LogP contribution in [0.4, 0.5) is 13.2 Å². The van der Waals surface area contributed by atoms with Crippen LogP contribution < -0.4 is 5.32 Å². The first-order valence-electron chi connectivity index (χ1n) is 6.11. The third kappa shape index (κ3) is 3.59. The fourth-order valence-corrected chi connectivity index (χ4v) is 1.72. The number of nitrogens with zero attached hydrogens (tertiary/aromatic N) is 3. The molecule has 0 radical (unpaired) electrons. The van der Waals surface area contributed by atoms with Gasteiger partial charge < -0.3 is 5.32 Å². The van der Waals surface area contributed by atoms with Crippen molar-refractivity contribution >= 4 is 5.91 Å². The highest BCUT2D eigenvalue weighted by molar-refractivity contribution is 5.92. The Bertz CT molecular complexity index is 634. The van der Waals surface area contributed by atoms with Crippen molar-refractivity contribution < 1.29 is 18.0 Å². The minimum Gasteiger partial charge on any atom is -0.344 e. The molecule has 0 unspecified atom stereocenters. The van der Waals surface area contributed by atoms with Crippen molar-refractivity contribution in [2.75, 3.05) is 0 Å². The maximum atomic E-state index is 12.4. The van der Waals surface area contributed by atoms with Gasteiger partial charge in [0.25, 0.3) is 5.91 Å². The van der Waals surface area contributed by atoms with Crippen LogP contribution in [0.3, 0.4) is 0 Å². The summed E-state index contributed by atoms with van der Waals surface area (Å²) in [4.78, 5) is 15.2. The molecule has 0 aliphatic rings. The molecule has 21 heavy (non-hydrogen) atoms. The van der Waals surface area contributed by atoms with Crippen molar-refractivity contribution in [3.63, 3.8) is 0 Å². The Balaban J connectivity index is 2.06. The monoisotopic (exact) mass is 298 g/mol. The van der Waals surface area contributed by atoms with Crippen molar-refractivity contribution in [3.8, 4) is 0 Å². The highest BCUT2D eigenvalue weighted by atomic mass is 19.4. The lowest BCUT2D eigenvalue weighted by atomic mass is 10.1. The highest BCUT2D eigenvalue weighted by Gasteiger charge is 2.32. The molecular formula is C13H13F3N4O. The number of carbonyl (C=O) groups excluding carboxylic acids is 1. The van der Waals surface area contributed by atoms with Gasteiger partial charge >= 0.3 is 6.18 Å². The van der Waals surface area contributed by atoms with Crippen LogP contribution in [0, 0.1) is 0 Å². The molecule has 2 aromatic rings. The number of hydrogen-bond acceptors (Lipinski definition) is 3. The van der Waals surface area contributed by atoms with E-state index in [2.05, 4.69) is 15.4 Å². The third-order valence-electron chi connectivity index (χ3n) is 2.87.